The number of hydrogen-bond donors (Lipinski definition) is 1. The summed E-state index contributed by atoms with van der Waals surface area (Å²) in [5.74, 6) is 1.24. The Morgan fingerprint density at radius 3 is 2.62 bits per heavy atom. The van der Waals surface area contributed by atoms with Gasteiger partial charge in [0.05, 0.1) is 19.2 Å². The van der Waals surface area contributed by atoms with Crippen LogP contribution in [0.4, 0.5) is 10.1 Å². The molecular formula is C20H21FN2O3. The zero-order valence-corrected chi connectivity index (χ0v) is 14.8. The SMILES string of the molecule is CCCCOc1cc2c(Oc3ccc(N)cc3F)ccnc2cc1OC. The van der Waals surface area contributed by atoms with Gasteiger partial charge in [0.15, 0.2) is 23.1 Å². The Bertz CT molecular complexity index is 915. The molecule has 0 bridgehead atoms. The molecular weight excluding hydrogens is 335 g/mol. The van der Waals surface area contributed by atoms with Crippen molar-refractivity contribution in [2.75, 3.05) is 19.5 Å². The minimum atomic E-state index is -0.525. The molecule has 0 spiro atoms. The molecule has 0 saturated heterocycles. The number of fused-ring (bicyclic) bond motifs is 1. The molecule has 2 aromatic carbocycles. The first-order valence-corrected chi connectivity index (χ1v) is 8.44. The van der Waals surface area contributed by atoms with Crippen LogP contribution in [0.1, 0.15) is 19.8 Å². The molecule has 0 saturated carbocycles. The molecule has 0 amide bonds. The van der Waals surface area contributed by atoms with Gasteiger partial charge in [0.2, 0.25) is 0 Å². The fourth-order valence-corrected chi connectivity index (χ4v) is 2.53. The second-order valence-electron chi connectivity index (χ2n) is 5.82. The van der Waals surface area contributed by atoms with E-state index in [1.54, 1.807) is 37.6 Å². The standard InChI is InChI=1S/C20H21FN2O3/c1-3-4-9-25-20-11-14-16(12-19(20)24-2)23-8-7-17(14)26-18-6-5-13(22)10-15(18)21/h5-8,10-12H,3-4,9,22H2,1-2H3. The van der Waals surface area contributed by atoms with Crippen LogP contribution in [0, 0.1) is 5.82 Å². The number of unbranched alkanes of at least 4 members (excludes halogenated alkanes) is 1. The van der Waals surface area contributed by atoms with Gasteiger partial charge in [0, 0.05) is 29.4 Å². The lowest BCUT2D eigenvalue weighted by molar-refractivity contribution is 0.289. The summed E-state index contributed by atoms with van der Waals surface area (Å²) in [7, 11) is 1.58. The molecule has 5 nitrogen and oxygen atoms in total. The summed E-state index contributed by atoms with van der Waals surface area (Å²) < 4.78 is 31.1. The first-order chi connectivity index (χ1) is 12.6. The summed E-state index contributed by atoms with van der Waals surface area (Å²) >= 11 is 0. The van der Waals surface area contributed by atoms with E-state index in [0.29, 0.717) is 40.4 Å². The van der Waals surface area contributed by atoms with E-state index in [4.69, 9.17) is 19.9 Å². The average Bonchev–Trinajstić information content (AvgIpc) is 2.64. The number of methoxy groups -OCH3 is 1. The molecule has 0 aliphatic heterocycles. The fourth-order valence-electron chi connectivity index (χ4n) is 2.53. The Hall–Kier alpha value is -3.02. The van der Waals surface area contributed by atoms with Gasteiger partial charge in [-0.05, 0) is 30.7 Å². The first kappa shape index (κ1) is 17.8. The van der Waals surface area contributed by atoms with Crippen molar-refractivity contribution in [2.24, 2.45) is 0 Å². The van der Waals surface area contributed by atoms with Crippen LogP contribution < -0.4 is 19.9 Å². The van der Waals surface area contributed by atoms with Gasteiger partial charge in [-0.15, -0.1) is 0 Å². The number of anilines is 1. The third-order valence-corrected chi connectivity index (χ3v) is 3.92. The highest BCUT2D eigenvalue weighted by molar-refractivity contribution is 5.88. The molecule has 0 aliphatic rings. The summed E-state index contributed by atoms with van der Waals surface area (Å²) in [4.78, 5) is 4.34. The second kappa shape index (κ2) is 7.91. The van der Waals surface area contributed by atoms with Crippen molar-refractivity contribution in [3.8, 4) is 23.0 Å². The first-order valence-electron chi connectivity index (χ1n) is 8.44. The molecule has 0 unspecified atom stereocenters. The number of nitrogens with two attached hydrogens (primary N) is 1. The number of halogens is 1. The number of pyridine rings is 1. The van der Waals surface area contributed by atoms with Crippen LogP contribution in [0.3, 0.4) is 0 Å². The zero-order chi connectivity index (χ0) is 18.5. The molecule has 0 radical (unpaired) electrons. The molecule has 0 atom stereocenters. The van der Waals surface area contributed by atoms with Crippen molar-refractivity contribution in [1.29, 1.82) is 0 Å². The summed E-state index contributed by atoms with van der Waals surface area (Å²) in [6.07, 6.45) is 3.57. The van der Waals surface area contributed by atoms with Crippen LogP contribution in [0.25, 0.3) is 10.9 Å². The van der Waals surface area contributed by atoms with E-state index >= 15 is 0 Å². The van der Waals surface area contributed by atoms with E-state index in [1.165, 1.54) is 12.1 Å². The van der Waals surface area contributed by atoms with Crippen molar-refractivity contribution in [1.82, 2.24) is 4.98 Å². The van der Waals surface area contributed by atoms with E-state index in [0.717, 1.165) is 12.8 Å². The second-order valence-corrected chi connectivity index (χ2v) is 5.82. The number of ether oxygens (including phenoxy) is 3. The van der Waals surface area contributed by atoms with Gasteiger partial charge >= 0.3 is 0 Å². The molecule has 1 heterocycles. The van der Waals surface area contributed by atoms with E-state index < -0.39 is 5.82 Å². The van der Waals surface area contributed by atoms with E-state index in [-0.39, 0.29) is 5.75 Å². The van der Waals surface area contributed by atoms with E-state index in [9.17, 15) is 4.39 Å². The summed E-state index contributed by atoms with van der Waals surface area (Å²) in [5, 5.41) is 0.705. The van der Waals surface area contributed by atoms with Crippen molar-refractivity contribution >= 4 is 16.6 Å². The van der Waals surface area contributed by atoms with E-state index in [1.807, 2.05) is 0 Å². The average molecular weight is 356 g/mol. The molecule has 6 heteroatoms. The predicted octanol–water partition coefficient (Wildman–Crippen LogP) is 4.94. The van der Waals surface area contributed by atoms with Crippen LogP contribution in [0.2, 0.25) is 0 Å². The maximum atomic E-state index is 14.1. The molecule has 26 heavy (non-hydrogen) atoms. The van der Waals surface area contributed by atoms with Gasteiger partial charge in [-0.2, -0.15) is 0 Å². The third-order valence-electron chi connectivity index (χ3n) is 3.92. The number of nitrogens with zero attached hydrogens (tertiary/aromatic N) is 1. The highest BCUT2D eigenvalue weighted by atomic mass is 19.1. The summed E-state index contributed by atoms with van der Waals surface area (Å²) in [6.45, 7) is 2.68. The van der Waals surface area contributed by atoms with Gasteiger partial charge in [0.1, 0.15) is 5.75 Å². The normalized spacial score (nSPS) is 10.7. The monoisotopic (exact) mass is 356 g/mol. The molecule has 2 N–H and O–H groups in total. The molecule has 0 fully saturated rings. The van der Waals surface area contributed by atoms with Crippen LogP contribution in [0.5, 0.6) is 23.0 Å². The molecule has 0 aliphatic carbocycles. The largest absolute Gasteiger partial charge is 0.493 e. The minimum Gasteiger partial charge on any atom is -0.493 e. The van der Waals surface area contributed by atoms with Crippen molar-refractivity contribution in [3.63, 3.8) is 0 Å². The number of nitrogen functional groups attached to an aromatic ring is 1. The molecule has 3 rings (SSSR count). The van der Waals surface area contributed by atoms with Crippen molar-refractivity contribution in [3.05, 3.63) is 48.4 Å². The van der Waals surface area contributed by atoms with Gasteiger partial charge in [0.25, 0.3) is 0 Å². The lowest BCUT2D eigenvalue weighted by Gasteiger charge is -2.14. The molecule has 136 valence electrons. The topological polar surface area (TPSA) is 66.6 Å². The maximum absolute atomic E-state index is 14.1. The third kappa shape index (κ3) is 3.79. The number of aromatic nitrogens is 1. The Morgan fingerprint density at radius 1 is 1.04 bits per heavy atom. The number of rotatable bonds is 7. The van der Waals surface area contributed by atoms with Gasteiger partial charge in [-0.3, -0.25) is 4.98 Å². The van der Waals surface area contributed by atoms with E-state index in [2.05, 4.69) is 11.9 Å². The highest BCUT2D eigenvalue weighted by Gasteiger charge is 2.13. The smallest absolute Gasteiger partial charge is 0.167 e. The number of benzene rings is 2. The Balaban J connectivity index is 2.00. The Morgan fingerprint density at radius 2 is 1.88 bits per heavy atom. The Kier molecular flexibility index (Phi) is 5.41. The summed E-state index contributed by atoms with van der Waals surface area (Å²) in [6, 6.07) is 9.58. The lowest BCUT2D eigenvalue weighted by atomic mass is 10.1. The Labute approximate surface area is 151 Å². The van der Waals surface area contributed by atoms with Crippen molar-refractivity contribution < 1.29 is 18.6 Å². The van der Waals surface area contributed by atoms with Gasteiger partial charge < -0.3 is 19.9 Å². The van der Waals surface area contributed by atoms with Gasteiger partial charge in [-0.25, -0.2) is 4.39 Å². The van der Waals surface area contributed by atoms with Crippen LogP contribution in [-0.2, 0) is 0 Å². The molecule has 1 aromatic heterocycles. The van der Waals surface area contributed by atoms with Crippen LogP contribution in [0.15, 0.2) is 42.6 Å². The van der Waals surface area contributed by atoms with Crippen LogP contribution in [-0.4, -0.2) is 18.7 Å². The quantitative estimate of drug-likeness (QED) is 0.480. The minimum absolute atomic E-state index is 0.0935. The zero-order valence-electron chi connectivity index (χ0n) is 14.8. The highest BCUT2D eigenvalue weighted by Crippen LogP contribution is 2.37. The number of hydrogen-bond acceptors (Lipinski definition) is 5. The lowest BCUT2D eigenvalue weighted by Crippen LogP contribution is -1.99. The maximum Gasteiger partial charge on any atom is 0.167 e. The van der Waals surface area contributed by atoms with Crippen LogP contribution >= 0.6 is 0 Å². The van der Waals surface area contributed by atoms with Gasteiger partial charge in [-0.1, -0.05) is 13.3 Å². The fraction of sp³-hybridized carbons (Fsp3) is 0.250. The summed E-state index contributed by atoms with van der Waals surface area (Å²) in [5.41, 5.74) is 6.59. The molecule has 3 aromatic rings. The predicted molar refractivity (Wildman–Crippen MR) is 99.6 cm³/mol. The van der Waals surface area contributed by atoms with Crippen molar-refractivity contribution in [2.45, 2.75) is 19.8 Å².